The summed E-state index contributed by atoms with van der Waals surface area (Å²) in [5.74, 6) is -0.818. The fourth-order valence-electron chi connectivity index (χ4n) is 3.61. The van der Waals surface area contributed by atoms with Crippen molar-refractivity contribution < 1.29 is 9.59 Å². The van der Waals surface area contributed by atoms with Crippen LogP contribution in [0.15, 0.2) is 83.3 Å². The number of pyridine rings is 1. The maximum atomic E-state index is 12.0. The van der Waals surface area contributed by atoms with Crippen LogP contribution in [0, 0.1) is 5.41 Å². The zero-order valence-corrected chi connectivity index (χ0v) is 19.2. The molecule has 2 rings (SSSR count). The van der Waals surface area contributed by atoms with Gasteiger partial charge in [0, 0.05) is 18.5 Å². The maximum absolute atomic E-state index is 12.0. The number of carbonyl (C=O) groups is 2. The monoisotopic (exact) mass is 419 g/mol. The highest BCUT2D eigenvalue weighted by Gasteiger charge is 2.26. The van der Waals surface area contributed by atoms with Crippen molar-refractivity contribution in [1.29, 1.82) is 0 Å². The summed E-state index contributed by atoms with van der Waals surface area (Å²) in [7, 11) is 0. The van der Waals surface area contributed by atoms with E-state index in [2.05, 4.69) is 55.7 Å². The number of nitrogens with one attached hydrogen (secondary N) is 2. The number of rotatable bonds is 6. The lowest BCUT2D eigenvalue weighted by Crippen LogP contribution is -2.40. The highest BCUT2D eigenvalue weighted by atomic mass is 16.2. The van der Waals surface area contributed by atoms with E-state index in [4.69, 9.17) is 0 Å². The molecule has 5 heteroatoms. The fraction of sp³-hybridized carbons (Fsp3) is 0.346. The van der Waals surface area contributed by atoms with Gasteiger partial charge in [-0.3, -0.25) is 25.4 Å². The van der Waals surface area contributed by atoms with E-state index in [0.29, 0.717) is 5.56 Å². The number of nitrogens with zero attached hydrogens (tertiary/aromatic N) is 1. The van der Waals surface area contributed by atoms with Crippen molar-refractivity contribution in [2.45, 2.75) is 53.9 Å². The van der Waals surface area contributed by atoms with Crippen LogP contribution in [0.4, 0.5) is 0 Å². The Kier molecular flexibility index (Phi) is 8.74. The Morgan fingerprint density at radius 2 is 1.90 bits per heavy atom. The van der Waals surface area contributed by atoms with Gasteiger partial charge in [-0.1, -0.05) is 55.4 Å². The Balaban J connectivity index is 1.89. The van der Waals surface area contributed by atoms with Crippen LogP contribution in [0.3, 0.4) is 0 Å². The average Bonchev–Trinajstić information content (AvgIpc) is 2.71. The first-order valence-corrected chi connectivity index (χ1v) is 10.6. The number of hydrogen-bond donors (Lipinski definition) is 2. The standard InChI is InChI=1S/C26H33N3O2/c1-19(13-14-23-21(3)11-7-15-26(23,4)5)9-6-10-20(2)17-24(30)28-29-25(31)22-12-8-16-27-18-22/h6,8-10,12-14,16-18H,7,11,15H2,1-5H3,(H,28,30)(H,29,31)/b10-6+,14-13+,19-9+,20-17+. The summed E-state index contributed by atoms with van der Waals surface area (Å²) in [6, 6.07) is 3.28. The molecule has 1 heterocycles. The lowest BCUT2D eigenvalue weighted by Gasteiger charge is -2.32. The van der Waals surface area contributed by atoms with Gasteiger partial charge in [-0.2, -0.15) is 0 Å². The summed E-state index contributed by atoms with van der Waals surface area (Å²) in [5, 5.41) is 0. The summed E-state index contributed by atoms with van der Waals surface area (Å²) >= 11 is 0. The lowest BCUT2D eigenvalue weighted by molar-refractivity contribution is -0.117. The van der Waals surface area contributed by atoms with Crippen LogP contribution < -0.4 is 10.9 Å². The molecule has 0 bridgehead atoms. The van der Waals surface area contributed by atoms with Gasteiger partial charge in [-0.15, -0.1) is 0 Å². The van der Waals surface area contributed by atoms with Gasteiger partial charge >= 0.3 is 0 Å². The van der Waals surface area contributed by atoms with E-state index >= 15 is 0 Å². The SMILES string of the molecule is CC1=C(/C=C/C(C)=C/C=C/C(C)=C/C(=O)NNC(=O)c2cccnc2)C(C)(C)CCC1. The molecule has 0 atom stereocenters. The Labute approximate surface area is 185 Å². The van der Waals surface area contributed by atoms with Gasteiger partial charge in [0.2, 0.25) is 0 Å². The summed E-state index contributed by atoms with van der Waals surface area (Å²) < 4.78 is 0. The Morgan fingerprint density at radius 1 is 1.13 bits per heavy atom. The minimum absolute atomic E-state index is 0.230. The lowest BCUT2D eigenvalue weighted by atomic mass is 9.72. The molecule has 1 aromatic heterocycles. The molecular weight excluding hydrogens is 386 g/mol. The summed E-state index contributed by atoms with van der Waals surface area (Å²) in [4.78, 5) is 27.7. The second-order valence-electron chi connectivity index (χ2n) is 8.61. The van der Waals surface area contributed by atoms with Crippen LogP contribution in [0.5, 0.6) is 0 Å². The van der Waals surface area contributed by atoms with Gasteiger partial charge < -0.3 is 0 Å². The van der Waals surface area contributed by atoms with Crippen molar-refractivity contribution in [3.63, 3.8) is 0 Å². The third-order valence-corrected chi connectivity index (χ3v) is 5.36. The summed E-state index contributed by atoms with van der Waals surface area (Å²) in [6.07, 6.45) is 18.3. The molecule has 2 amide bonds. The molecule has 0 aliphatic heterocycles. The Morgan fingerprint density at radius 3 is 2.58 bits per heavy atom. The van der Waals surface area contributed by atoms with Gasteiger partial charge in [0.15, 0.2) is 0 Å². The van der Waals surface area contributed by atoms with Gasteiger partial charge in [0.05, 0.1) is 5.56 Å². The van der Waals surface area contributed by atoms with Gasteiger partial charge in [-0.05, 0) is 68.7 Å². The third kappa shape index (κ3) is 7.85. The second-order valence-corrected chi connectivity index (χ2v) is 8.61. The topological polar surface area (TPSA) is 71.1 Å². The van der Waals surface area contributed by atoms with Gasteiger partial charge in [-0.25, -0.2) is 0 Å². The highest BCUT2D eigenvalue weighted by molar-refractivity contribution is 5.96. The van der Waals surface area contributed by atoms with Gasteiger partial charge in [0.25, 0.3) is 11.8 Å². The predicted octanol–water partition coefficient (Wildman–Crippen LogP) is 5.37. The predicted molar refractivity (Wildman–Crippen MR) is 126 cm³/mol. The van der Waals surface area contributed by atoms with Crippen molar-refractivity contribution in [3.05, 3.63) is 88.8 Å². The zero-order valence-electron chi connectivity index (χ0n) is 19.2. The molecule has 0 aromatic carbocycles. The number of hydrazine groups is 1. The van der Waals surface area contributed by atoms with Crippen molar-refractivity contribution in [2.24, 2.45) is 5.41 Å². The summed E-state index contributed by atoms with van der Waals surface area (Å²) in [5.41, 5.74) is 10.2. The number of hydrogen-bond acceptors (Lipinski definition) is 3. The molecule has 2 N–H and O–H groups in total. The molecule has 1 aliphatic rings. The van der Waals surface area contributed by atoms with E-state index in [1.54, 1.807) is 18.3 Å². The van der Waals surface area contributed by atoms with E-state index in [1.807, 2.05) is 25.2 Å². The third-order valence-electron chi connectivity index (χ3n) is 5.36. The van der Waals surface area contributed by atoms with Crippen LogP contribution in [0.1, 0.15) is 64.2 Å². The van der Waals surface area contributed by atoms with Crippen LogP contribution in [-0.2, 0) is 4.79 Å². The van der Waals surface area contributed by atoms with Crippen LogP contribution >= 0.6 is 0 Å². The van der Waals surface area contributed by atoms with E-state index in [0.717, 1.165) is 11.1 Å². The fourth-order valence-corrected chi connectivity index (χ4v) is 3.61. The first kappa shape index (κ1) is 24.1. The minimum Gasteiger partial charge on any atom is -0.268 e. The number of carbonyl (C=O) groups excluding carboxylic acids is 2. The molecule has 0 saturated heterocycles. The number of aromatic nitrogens is 1. The molecule has 164 valence electrons. The van der Waals surface area contributed by atoms with E-state index < -0.39 is 11.8 Å². The summed E-state index contributed by atoms with van der Waals surface area (Å²) in [6.45, 7) is 10.8. The van der Waals surface area contributed by atoms with Crippen molar-refractivity contribution in [3.8, 4) is 0 Å². The van der Waals surface area contributed by atoms with Crippen molar-refractivity contribution in [1.82, 2.24) is 15.8 Å². The largest absolute Gasteiger partial charge is 0.271 e. The molecule has 0 spiro atoms. The van der Waals surface area contributed by atoms with Gasteiger partial charge in [0.1, 0.15) is 0 Å². The van der Waals surface area contributed by atoms with Crippen molar-refractivity contribution >= 4 is 11.8 Å². The molecule has 31 heavy (non-hydrogen) atoms. The molecule has 0 fully saturated rings. The molecule has 5 nitrogen and oxygen atoms in total. The number of allylic oxidation sites excluding steroid dienone is 9. The molecular formula is C26H33N3O2. The second kappa shape index (κ2) is 11.3. The molecule has 0 unspecified atom stereocenters. The smallest absolute Gasteiger partial charge is 0.268 e. The molecule has 0 radical (unpaired) electrons. The average molecular weight is 420 g/mol. The first-order chi connectivity index (χ1) is 14.7. The first-order valence-electron chi connectivity index (χ1n) is 10.6. The van der Waals surface area contributed by atoms with E-state index in [-0.39, 0.29) is 5.41 Å². The quantitative estimate of drug-likeness (QED) is 0.370. The molecule has 0 saturated carbocycles. The molecule has 1 aliphatic carbocycles. The Bertz CT molecular complexity index is 948. The normalized spacial score (nSPS) is 17.3. The van der Waals surface area contributed by atoms with Crippen LogP contribution in [0.25, 0.3) is 0 Å². The molecule has 1 aromatic rings. The maximum Gasteiger partial charge on any atom is 0.271 e. The van der Waals surface area contributed by atoms with Crippen molar-refractivity contribution in [2.75, 3.05) is 0 Å². The minimum atomic E-state index is -0.417. The van der Waals surface area contributed by atoms with E-state index in [1.165, 1.54) is 42.7 Å². The van der Waals surface area contributed by atoms with E-state index in [9.17, 15) is 9.59 Å². The van der Waals surface area contributed by atoms with Crippen LogP contribution in [-0.4, -0.2) is 16.8 Å². The zero-order chi connectivity index (χ0) is 22.9. The highest BCUT2D eigenvalue weighted by Crippen LogP contribution is 2.40. The van der Waals surface area contributed by atoms with Crippen LogP contribution in [0.2, 0.25) is 0 Å². The number of amides is 2. The Hall–Kier alpha value is -3.21.